The number of rotatable bonds is 5. The molecule has 0 heterocycles. The normalized spacial score (nSPS) is 42.3. The number of aliphatic hydroxyl groups excluding tert-OH is 3. The second-order valence-corrected chi connectivity index (χ2v) is 14.2. The maximum absolute atomic E-state index is 12.9. The summed E-state index contributed by atoms with van der Waals surface area (Å²) in [6, 6.07) is 14.2. The van der Waals surface area contributed by atoms with Gasteiger partial charge in [0, 0.05) is 12.1 Å². The topological polar surface area (TPSA) is 89.8 Å². The van der Waals surface area contributed by atoms with Crippen molar-refractivity contribution in [2.75, 3.05) is 5.32 Å². The number of benzene rings is 2. The molecular weight excluding hydrogens is 486 g/mol. The zero-order valence-corrected chi connectivity index (χ0v) is 23.9. The van der Waals surface area contributed by atoms with Gasteiger partial charge in [-0.15, -0.1) is 0 Å². The summed E-state index contributed by atoms with van der Waals surface area (Å²) in [6.45, 7) is 6.93. The SMILES string of the molecule is CC(CCC(=O)Nc1ccc2ccccc2c1)[C@H]1CCC2C3C(C[C@H](O)[C@@]21C)[C@@]1(C)CC[C@@H](O)CC1C[C@H]3O. The maximum Gasteiger partial charge on any atom is 0.224 e. The van der Waals surface area contributed by atoms with Gasteiger partial charge in [-0.2, -0.15) is 0 Å². The number of hydrogen-bond donors (Lipinski definition) is 4. The molecule has 0 bridgehead atoms. The van der Waals surface area contributed by atoms with Crippen molar-refractivity contribution in [3.05, 3.63) is 42.5 Å². The molecule has 5 unspecified atom stereocenters. The minimum atomic E-state index is -0.389. The molecule has 39 heavy (non-hydrogen) atoms. The predicted molar refractivity (Wildman–Crippen MR) is 155 cm³/mol. The molecular formula is C34H47NO4. The minimum Gasteiger partial charge on any atom is -0.393 e. The van der Waals surface area contributed by atoms with Gasteiger partial charge in [0.2, 0.25) is 5.91 Å². The number of anilines is 1. The first-order valence-electron chi connectivity index (χ1n) is 15.4. The molecule has 212 valence electrons. The highest BCUT2D eigenvalue weighted by Gasteiger charge is 2.65. The fourth-order valence-corrected chi connectivity index (χ4v) is 10.2. The van der Waals surface area contributed by atoms with Crippen molar-refractivity contribution in [1.82, 2.24) is 0 Å². The van der Waals surface area contributed by atoms with Crippen molar-refractivity contribution in [2.24, 2.45) is 46.3 Å². The molecule has 4 saturated carbocycles. The highest BCUT2D eigenvalue weighted by molar-refractivity contribution is 5.94. The van der Waals surface area contributed by atoms with E-state index in [1.165, 1.54) is 0 Å². The van der Waals surface area contributed by atoms with Crippen LogP contribution < -0.4 is 5.32 Å². The lowest BCUT2D eigenvalue weighted by atomic mass is 9.43. The Kier molecular flexibility index (Phi) is 7.09. The molecule has 4 N–H and O–H groups in total. The van der Waals surface area contributed by atoms with Gasteiger partial charge in [-0.25, -0.2) is 0 Å². The first kappa shape index (κ1) is 27.2. The number of aliphatic hydroxyl groups is 3. The van der Waals surface area contributed by atoms with Crippen LogP contribution in [0.3, 0.4) is 0 Å². The molecule has 4 aliphatic rings. The summed E-state index contributed by atoms with van der Waals surface area (Å²) >= 11 is 0. The van der Waals surface area contributed by atoms with Gasteiger partial charge in [0.15, 0.2) is 0 Å². The Morgan fingerprint density at radius 1 is 0.974 bits per heavy atom. The van der Waals surface area contributed by atoms with E-state index in [1.807, 2.05) is 30.3 Å². The van der Waals surface area contributed by atoms with Crippen molar-refractivity contribution in [1.29, 1.82) is 0 Å². The third-order valence-corrected chi connectivity index (χ3v) is 12.4. The molecule has 6 rings (SSSR count). The van der Waals surface area contributed by atoms with Crippen molar-refractivity contribution in [3.63, 3.8) is 0 Å². The quantitative estimate of drug-likeness (QED) is 0.371. The summed E-state index contributed by atoms with van der Waals surface area (Å²) in [5.41, 5.74) is 0.699. The fourth-order valence-electron chi connectivity index (χ4n) is 10.2. The zero-order chi connectivity index (χ0) is 27.5. The number of hydrogen-bond acceptors (Lipinski definition) is 4. The van der Waals surface area contributed by atoms with Crippen LogP contribution in [0.5, 0.6) is 0 Å². The van der Waals surface area contributed by atoms with Gasteiger partial charge in [-0.1, -0.05) is 51.1 Å². The lowest BCUT2D eigenvalue weighted by Gasteiger charge is -2.63. The van der Waals surface area contributed by atoms with E-state index in [1.54, 1.807) is 0 Å². The number of amides is 1. The molecule has 11 atom stereocenters. The Balaban J connectivity index is 1.13. The summed E-state index contributed by atoms with van der Waals surface area (Å²) in [6.07, 6.45) is 6.54. The first-order valence-corrected chi connectivity index (χ1v) is 15.4. The lowest BCUT2D eigenvalue weighted by Crippen LogP contribution is -2.62. The predicted octanol–water partition coefficient (Wildman–Crippen LogP) is 6.16. The average Bonchev–Trinajstić information content (AvgIpc) is 3.27. The first-order chi connectivity index (χ1) is 18.6. The molecule has 5 nitrogen and oxygen atoms in total. The zero-order valence-electron chi connectivity index (χ0n) is 23.9. The van der Waals surface area contributed by atoms with E-state index in [2.05, 4.69) is 38.2 Å². The van der Waals surface area contributed by atoms with Crippen molar-refractivity contribution in [2.45, 2.75) is 96.9 Å². The number of carbonyl (C=O) groups is 1. The summed E-state index contributed by atoms with van der Waals surface area (Å²) in [7, 11) is 0. The summed E-state index contributed by atoms with van der Waals surface area (Å²) in [5.74, 6) is 1.90. The van der Waals surface area contributed by atoms with E-state index < -0.39 is 0 Å². The molecule has 4 aliphatic carbocycles. The number of carbonyl (C=O) groups excluding carboxylic acids is 1. The van der Waals surface area contributed by atoms with Crippen molar-refractivity contribution in [3.8, 4) is 0 Å². The van der Waals surface area contributed by atoms with Crippen LogP contribution in [0.15, 0.2) is 42.5 Å². The Labute approximate surface area is 233 Å². The largest absolute Gasteiger partial charge is 0.393 e. The van der Waals surface area contributed by atoms with Crippen LogP contribution >= 0.6 is 0 Å². The second kappa shape index (κ2) is 10.2. The van der Waals surface area contributed by atoms with Gasteiger partial charge in [0.25, 0.3) is 0 Å². The van der Waals surface area contributed by atoms with Crippen LogP contribution in [-0.2, 0) is 4.79 Å². The third kappa shape index (κ3) is 4.53. The van der Waals surface area contributed by atoms with Gasteiger partial charge in [-0.05, 0) is 121 Å². The standard InChI is InChI=1S/C34H47NO4/c1-20(8-13-31(39)35-24-10-9-21-6-4-5-7-22(21)16-24)26-11-12-27-32-28(19-30(38)34(26,27)3)33(2)15-14-25(36)17-23(33)18-29(32)37/h4-7,9-10,16,20,23,25-30,32,36-38H,8,11-15,17-19H2,1-3H3,(H,35,39)/t20?,23?,25-,26-,27?,28?,29-,30+,32?,33+,34-/m1/s1. The molecule has 5 heteroatoms. The Morgan fingerprint density at radius 3 is 2.54 bits per heavy atom. The minimum absolute atomic E-state index is 0.0437. The molecule has 4 fully saturated rings. The van der Waals surface area contributed by atoms with Crippen LogP contribution in [0, 0.1) is 46.3 Å². The molecule has 1 amide bonds. The van der Waals surface area contributed by atoms with Crippen LogP contribution in [0.1, 0.15) is 78.6 Å². The Bertz CT molecular complexity index is 1210. The fraction of sp³-hybridized carbons (Fsp3) is 0.676. The van der Waals surface area contributed by atoms with Crippen molar-refractivity contribution >= 4 is 22.4 Å². The van der Waals surface area contributed by atoms with E-state index >= 15 is 0 Å². The van der Waals surface area contributed by atoms with Gasteiger partial charge in [0.05, 0.1) is 18.3 Å². The van der Waals surface area contributed by atoms with Crippen molar-refractivity contribution < 1.29 is 20.1 Å². The van der Waals surface area contributed by atoms with Gasteiger partial charge < -0.3 is 20.6 Å². The van der Waals surface area contributed by atoms with Crippen LogP contribution in [0.25, 0.3) is 10.8 Å². The summed E-state index contributed by atoms with van der Waals surface area (Å²) < 4.78 is 0. The highest BCUT2D eigenvalue weighted by atomic mass is 16.3. The number of fused-ring (bicyclic) bond motifs is 6. The second-order valence-electron chi connectivity index (χ2n) is 14.2. The molecule has 0 saturated heterocycles. The molecule has 0 aliphatic heterocycles. The summed E-state index contributed by atoms with van der Waals surface area (Å²) in [5, 5.41) is 39.0. The smallest absolute Gasteiger partial charge is 0.224 e. The molecule has 2 aromatic carbocycles. The van der Waals surface area contributed by atoms with E-state index in [-0.39, 0.29) is 41.0 Å². The van der Waals surface area contributed by atoms with Crippen LogP contribution in [0.4, 0.5) is 5.69 Å². The van der Waals surface area contributed by atoms with Crippen LogP contribution in [0.2, 0.25) is 0 Å². The maximum atomic E-state index is 12.9. The van der Waals surface area contributed by atoms with E-state index in [9.17, 15) is 20.1 Å². The molecule has 2 aromatic rings. The average molecular weight is 534 g/mol. The number of nitrogens with one attached hydrogen (secondary N) is 1. The molecule has 0 spiro atoms. The van der Waals surface area contributed by atoms with Gasteiger partial charge in [-0.3, -0.25) is 4.79 Å². The molecule has 0 aromatic heterocycles. The monoisotopic (exact) mass is 533 g/mol. The third-order valence-electron chi connectivity index (χ3n) is 12.4. The summed E-state index contributed by atoms with van der Waals surface area (Å²) in [4.78, 5) is 12.9. The Hall–Kier alpha value is -1.95. The van der Waals surface area contributed by atoms with E-state index in [4.69, 9.17) is 0 Å². The van der Waals surface area contributed by atoms with Gasteiger partial charge in [0.1, 0.15) is 0 Å². The van der Waals surface area contributed by atoms with E-state index in [0.717, 1.165) is 67.8 Å². The van der Waals surface area contributed by atoms with E-state index in [0.29, 0.717) is 36.0 Å². The van der Waals surface area contributed by atoms with Gasteiger partial charge >= 0.3 is 0 Å². The Morgan fingerprint density at radius 2 is 1.74 bits per heavy atom. The highest BCUT2D eigenvalue weighted by Crippen LogP contribution is 2.68. The molecule has 0 radical (unpaired) electrons. The van der Waals surface area contributed by atoms with Crippen LogP contribution in [-0.4, -0.2) is 39.5 Å². The lowest BCUT2D eigenvalue weighted by molar-refractivity contribution is -0.207.